The van der Waals surface area contributed by atoms with Gasteiger partial charge in [0.1, 0.15) is 0 Å². The summed E-state index contributed by atoms with van der Waals surface area (Å²) in [7, 11) is 0. The molecule has 0 saturated heterocycles. The van der Waals surface area contributed by atoms with Crippen LogP contribution in [0.15, 0.2) is 18.6 Å². The van der Waals surface area contributed by atoms with Crippen LogP contribution in [-0.4, -0.2) is 86.3 Å². The van der Waals surface area contributed by atoms with E-state index < -0.39 is 0 Å². The molecule has 3 unspecified atom stereocenters. The van der Waals surface area contributed by atoms with E-state index in [-0.39, 0.29) is 37.9 Å². The fraction of sp³-hybridized carbons (Fsp3) is 0.600. The fourth-order valence-corrected chi connectivity index (χ4v) is 3.49. The second kappa shape index (κ2) is 9.98. The summed E-state index contributed by atoms with van der Waals surface area (Å²) < 4.78 is 0. The SMILES string of the molecule is OCCC(c1c[nH]nn1)N(C(CCO)c1c[nH]nn1)C(CCO)c1c[nH]nn1. The van der Waals surface area contributed by atoms with Crippen molar-refractivity contribution in [3.63, 3.8) is 0 Å². The second-order valence-corrected chi connectivity index (χ2v) is 6.23. The number of rotatable bonds is 12. The molecule has 3 heterocycles. The third kappa shape index (κ3) is 4.39. The van der Waals surface area contributed by atoms with E-state index in [1.165, 1.54) is 0 Å². The zero-order valence-corrected chi connectivity index (χ0v) is 15.2. The molecule has 0 radical (unpaired) electrons. The number of aliphatic hydroxyl groups is 3. The molecule has 0 saturated carbocycles. The minimum absolute atomic E-state index is 0.0939. The van der Waals surface area contributed by atoms with Gasteiger partial charge in [-0.15, -0.1) is 15.3 Å². The largest absolute Gasteiger partial charge is 0.396 e. The summed E-state index contributed by atoms with van der Waals surface area (Å²) in [6.45, 7) is -0.282. The molecule has 0 aliphatic heterocycles. The van der Waals surface area contributed by atoms with Crippen molar-refractivity contribution in [2.45, 2.75) is 37.4 Å². The number of hydrogen-bond donors (Lipinski definition) is 6. The highest BCUT2D eigenvalue weighted by molar-refractivity contribution is 5.12. The van der Waals surface area contributed by atoms with Gasteiger partial charge in [0.25, 0.3) is 0 Å². The summed E-state index contributed by atoms with van der Waals surface area (Å²) >= 11 is 0. The lowest BCUT2D eigenvalue weighted by atomic mass is 9.96. The number of hydrogen-bond acceptors (Lipinski definition) is 10. The minimum atomic E-state index is -0.384. The van der Waals surface area contributed by atoms with Crippen molar-refractivity contribution in [3.8, 4) is 0 Å². The second-order valence-electron chi connectivity index (χ2n) is 6.23. The lowest BCUT2D eigenvalue weighted by molar-refractivity contribution is 0.0285. The molecular formula is C15H24N10O3. The molecule has 0 bridgehead atoms. The molecule has 3 atom stereocenters. The minimum Gasteiger partial charge on any atom is -0.396 e. The van der Waals surface area contributed by atoms with E-state index in [4.69, 9.17) is 0 Å². The molecule has 3 aromatic heterocycles. The van der Waals surface area contributed by atoms with E-state index >= 15 is 0 Å². The van der Waals surface area contributed by atoms with Crippen LogP contribution < -0.4 is 0 Å². The Morgan fingerprint density at radius 1 is 0.643 bits per heavy atom. The van der Waals surface area contributed by atoms with Crippen LogP contribution in [0.4, 0.5) is 0 Å². The average molecular weight is 392 g/mol. The van der Waals surface area contributed by atoms with Gasteiger partial charge in [0.2, 0.25) is 0 Å². The number of aromatic amines is 3. The van der Waals surface area contributed by atoms with Gasteiger partial charge in [0.15, 0.2) is 0 Å². The molecule has 152 valence electrons. The molecule has 0 aliphatic carbocycles. The maximum atomic E-state index is 9.72. The molecule has 28 heavy (non-hydrogen) atoms. The average Bonchev–Trinajstić information content (AvgIpc) is 3.49. The van der Waals surface area contributed by atoms with Crippen LogP contribution in [0.25, 0.3) is 0 Å². The first-order chi connectivity index (χ1) is 13.8. The van der Waals surface area contributed by atoms with E-state index in [2.05, 4.69) is 46.2 Å². The predicted molar refractivity (Wildman–Crippen MR) is 94.3 cm³/mol. The summed E-state index contributed by atoms with van der Waals surface area (Å²) in [5, 5.41) is 61.0. The van der Waals surface area contributed by atoms with Crippen LogP contribution in [0.3, 0.4) is 0 Å². The van der Waals surface area contributed by atoms with Gasteiger partial charge in [0.05, 0.1) is 35.2 Å². The maximum absolute atomic E-state index is 9.72. The van der Waals surface area contributed by atoms with Crippen molar-refractivity contribution < 1.29 is 15.3 Å². The zero-order chi connectivity index (χ0) is 19.8. The molecule has 0 fully saturated rings. The third-order valence-corrected chi connectivity index (χ3v) is 4.62. The van der Waals surface area contributed by atoms with E-state index in [1.54, 1.807) is 18.6 Å². The Morgan fingerprint density at radius 2 is 0.964 bits per heavy atom. The lowest BCUT2D eigenvalue weighted by Crippen LogP contribution is -2.38. The number of H-pyrrole nitrogens is 3. The molecule has 13 heteroatoms. The number of aromatic nitrogens is 9. The molecule has 3 rings (SSSR count). The highest BCUT2D eigenvalue weighted by Gasteiger charge is 2.37. The van der Waals surface area contributed by atoms with Gasteiger partial charge in [-0.2, -0.15) is 0 Å². The van der Waals surface area contributed by atoms with Crippen molar-refractivity contribution >= 4 is 0 Å². The summed E-state index contributed by atoms with van der Waals surface area (Å²) in [6, 6.07) is -1.15. The van der Waals surface area contributed by atoms with Crippen LogP contribution in [0.2, 0.25) is 0 Å². The number of nitrogens with one attached hydrogen (secondary N) is 3. The lowest BCUT2D eigenvalue weighted by Gasteiger charge is -2.41. The molecular weight excluding hydrogens is 368 g/mol. The van der Waals surface area contributed by atoms with Gasteiger partial charge in [0, 0.05) is 38.4 Å². The molecule has 6 N–H and O–H groups in total. The molecule has 3 aromatic rings. The first-order valence-electron chi connectivity index (χ1n) is 8.99. The van der Waals surface area contributed by atoms with Gasteiger partial charge in [-0.05, 0) is 19.3 Å². The Morgan fingerprint density at radius 3 is 1.18 bits per heavy atom. The van der Waals surface area contributed by atoms with Crippen LogP contribution in [0.5, 0.6) is 0 Å². The molecule has 0 amide bonds. The smallest absolute Gasteiger partial charge is 0.0997 e. The molecule has 0 aliphatic rings. The van der Waals surface area contributed by atoms with Gasteiger partial charge in [-0.25, -0.2) is 0 Å². The quantitative estimate of drug-likeness (QED) is 0.223. The Labute approximate surface area is 160 Å². The summed E-state index contributed by atoms with van der Waals surface area (Å²) in [5.41, 5.74) is 1.85. The van der Waals surface area contributed by atoms with Crippen LogP contribution in [0.1, 0.15) is 54.5 Å². The molecule has 13 nitrogen and oxygen atoms in total. The first-order valence-corrected chi connectivity index (χ1v) is 8.99. The van der Waals surface area contributed by atoms with E-state index in [0.717, 1.165) is 0 Å². The Kier molecular flexibility index (Phi) is 7.13. The van der Waals surface area contributed by atoms with Gasteiger partial charge in [-0.1, -0.05) is 15.6 Å². The predicted octanol–water partition coefficient (Wildman–Crippen LogP) is -0.986. The van der Waals surface area contributed by atoms with Crippen molar-refractivity contribution in [3.05, 3.63) is 35.7 Å². The monoisotopic (exact) mass is 392 g/mol. The Balaban J connectivity index is 2.10. The van der Waals surface area contributed by atoms with Crippen LogP contribution in [-0.2, 0) is 0 Å². The summed E-state index contributed by atoms with van der Waals surface area (Å²) in [6.07, 6.45) is 6.03. The summed E-state index contributed by atoms with van der Waals surface area (Å²) in [4.78, 5) is 2.02. The fourth-order valence-electron chi connectivity index (χ4n) is 3.49. The van der Waals surface area contributed by atoms with E-state index in [1.807, 2.05) is 4.90 Å². The van der Waals surface area contributed by atoms with Gasteiger partial charge in [-0.3, -0.25) is 20.2 Å². The Bertz CT molecular complexity index is 659. The molecule has 0 spiro atoms. The first kappa shape index (κ1) is 20.0. The normalized spacial score (nSPS) is 15.0. The van der Waals surface area contributed by atoms with Crippen molar-refractivity contribution in [1.29, 1.82) is 0 Å². The number of nitrogens with zero attached hydrogens (tertiary/aromatic N) is 7. The Hall–Kier alpha value is -2.74. The number of aliphatic hydroxyl groups excluding tert-OH is 3. The van der Waals surface area contributed by atoms with Crippen molar-refractivity contribution in [2.75, 3.05) is 19.8 Å². The third-order valence-electron chi connectivity index (χ3n) is 4.62. The van der Waals surface area contributed by atoms with E-state index in [9.17, 15) is 15.3 Å². The van der Waals surface area contributed by atoms with E-state index in [0.29, 0.717) is 36.3 Å². The highest BCUT2D eigenvalue weighted by Crippen LogP contribution is 2.41. The maximum Gasteiger partial charge on any atom is 0.0997 e. The highest BCUT2D eigenvalue weighted by atomic mass is 16.3. The standard InChI is InChI=1S/C15H24N10O3/c26-4-1-13(10-7-16-22-19-10)25(14(2-5-27)11-8-17-23-20-11)15(3-6-28)12-9-18-24-21-12/h7-9,13-15,26-28H,1-6H2,(H,16,19,22)(H,17,20,23)(H,18,21,24). The zero-order valence-electron chi connectivity index (χ0n) is 15.2. The topological polar surface area (TPSA) is 189 Å². The van der Waals surface area contributed by atoms with Gasteiger partial charge < -0.3 is 15.3 Å². The van der Waals surface area contributed by atoms with Gasteiger partial charge >= 0.3 is 0 Å². The summed E-state index contributed by atoms with van der Waals surface area (Å²) in [5.74, 6) is 0. The van der Waals surface area contributed by atoms with Crippen molar-refractivity contribution in [1.82, 2.24) is 51.1 Å². The van der Waals surface area contributed by atoms with Crippen molar-refractivity contribution in [2.24, 2.45) is 0 Å². The molecule has 0 aromatic carbocycles. The van der Waals surface area contributed by atoms with Crippen LogP contribution >= 0.6 is 0 Å². The van der Waals surface area contributed by atoms with Crippen LogP contribution in [0, 0.1) is 0 Å².